The maximum atomic E-state index is 6.13. The van der Waals surface area contributed by atoms with Gasteiger partial charge in [-0.1, -0.05) is 17.7 Å². The van der Waals surface area contributed by atoms with E-state index in [1.807, 2.05) is 18.2 Å². The quantitative estimate of drug-likeness (QED) is 0.651. The van der Waals surface area contributed by atoms with Crippen molar-refractivity contribution in [2.24, 2.45) is 0 Å². The van der Waals surface area contributed by atoms with Crippen LogP contribution in [0.2, 0.25) is 5.02 Å². The number of methoxy groups -OCH3 is 2. The molecule has 0 radical (unpaired) electrons. The highest BCUT2D eigenvalue weighted by atomic mass is 35.5. The molecule has 2 aromatic heterocycles. The molecule has 3 aromatic rings. The molecule has 0 saturated carbocycles. The number of rotatable bonds is 7. The highest BCUT2D eigenvalue weighted by molar-refractivity contribution is 6.32. The number of nitrogens with zero attached hydrogens (tertiary/aromatic N) is 3. The number of ether oxygens (including phenoxy) is 2. The third kappa shape index (κ3) is 4.31. The lowest BCUT2D eigenvalue weighted by Gasteiger charge is -2.14. The lowest BCUT2D eigenvalue weighted by atomic mass is 10.2. The van der Waals surface area contributed by atoms with Crippen LogP contribution in [0.5, 0.6) is 11.5 Å². The summed E-state index contributed by atoms with van der Waals surface area (Å²) in [5.41, 5.74) is 1.60. The van der Waals surface area contributed by atoms with Crippen molar-refractivity contribution in [2.75, 3.05) is 24.9 Å². The van der Waals surface area contributed by atoms with Gasteiger partial charge in [-0.25, -0.2) is 9.97 Å². The monoisotopic (exact) mass is 371 g/mol. The fraction of sp³-hybridized carbons (Fsp3) is 0.167. The van der Waals surface area contributed by atoms with Crippen molar-refractivity contribution in [3.8, 4) is 11.5 Å². The maximum Gasteiger partial charge on any atom is 0.144 e. The summed E-state index contributed by atoms with van der Waals surface area (Å²) in [4.78, 5) is 12.7. The molecule has 134 valence electrons. The van der Waals surface area contributed by atoms with Crippen LogP contribution in [0.4, 0.5) is 17.3 Å². The number of benzene rings is 1. The molecule has 26 heavy (non-hydrogen) atoms. The third-order valence-corrected chi connectivity index (χ3v) is 3.88. The van der Waals surface area contributed by atoms with Gasteiger partial charge in [0.25, 0.3) is 0 Å². The molecular weight excluding hydrogens is 354 g/mol. The number of aromatic nitrogens is 3. The molecule has 0 aliphatic rings. The summed E-state index contributed by atoms with van der Waals surface area (Å²) in [5, 5.41) is 6.88. The van der Waals surface area contributed by atoms with Crippen LogP contribution in [0.25, 0.3) is 0 Å². The van der Waals surface area contributed by atoms with E-state index in [1.54, 1.807) is 38.6 Å². The van der Waals surface area contributed by atoms with Gasteiger partial charge in [0.05, 0.1) is 37.2 Å². The van der Waals surface area contributed by atoms with Crippen molar-refractivity contribution < 1.29 is 9.47 Å². The van der Waals surface area contributed by atoms with Gasteiger partial charge in [-0.3, -0.25) is 4.98 Å². The molecule has 7 nitrogen and oxygen atoms in total. The average molecular weight is 372 g/mol. The van der Waals surface area contributed by atoms with E-state index in [-0.39, 0.29) is 0 Å². The van der Waals surface area contributed by atoms with Crippen LogP contribution in [0, 0.1) is 0 Å². The first-order valence-corrected chi connectivity index (χ1v) is 8.21. The topological polar surface area (TPSA) is 81.2 Å². The van der Waals surface area contributed by atoms with Gasteiger partial charge < -0.3 is 20.1 Å². The molecule has 2 heterocycles. The minimum absolute atomic E-state index is 0.468. The number of hydrogen-bond donors (Lipinski definition) is 2. The van der Waals surface area contributed by atoms with E-state index >= 15 is 0 Å². The standard InChI is InChI=1S/C18H18ClN5O2/c1-25-15-8-14(16(26-2)7-13(15)19)24-18-9-17(22-11-23-18)21-10-12-5-3-4-6-20-12/h3-9,11H,10H2,1-2H3,(H2,21,22,23,24). The van der Waals surface area contributed by atoms with E-state index in [0.29, 0.717) is 40.4 Å². The fourth-order valence-corrected chi connectivity index (χ4v) is 2.53. The largest absolute Gasteiger partial charge is 0.495 e. The predicted octanol–water partition coefficient (Wildman–Crippen LogP) is 3.90. The molecule has 1 aromatic carbocycles. The zero-order valence-corrected chi connectivity index (χ0v) is 15.1. The first-order valence-electron chi connectivity index (χ1n) is 7.84. The van der Waals surface area contributed by atoms with E-state index in [1.165, 1.54) is 6.33 Å². The Morgan fingerprint density at radius 2 is 1.77 bits per heavy atom. The van der Waals surface area contributed by atoms with Gasteiger partial charge in [0.2, 0.25) is 0 Å². The number of halogens is 1. The fourth-order valence-electron chi connectivity index (χ4n) is 2.30. The average Bonchev–Trinajstić information content (AvgIpc) is 2.68. The molecule has 0 amide bonds. The smallest absolute Gasteiger partial charge is 0.144 e. The molecule has 0 aliphatic carbocycles. The SMILES string of the molecule is COc1cc(Nc2cc(NCc3ccccn3)ncn2)c(OC)cc1Cl. The Bertz CT molecular complexity index is 877. The molecule has 2 N–H and O–H groups in total. The summed E-state index contributed by atoms with van der Waals surface area (Å²) in [7, 11) is 3.13. The summed E-state index contributed by atoms with van der Waals surface area (Å²) in [6, 6.07) is 11.0. The molecular formula is C18H18ClN5O2. The van der Waals surface area contributed by atoms with Crippen molar-refractivity contribution in [1.82, 2.24) is 15.0 Å². The number of pyridine rings is 1. The molecule has 0 bridgehead atoms. The molecule has 0 spiro atoms. The number of anilines is 3. The number of hydrogen-bond acceptors (Lipinski definition) is 7. The van der Waals surface area contributed by atoms with Gasteiger partial charge in [-0.05, 0) is 12.1 Å². The second kappa shape index (κ2) is 8.35. The summed E-state index contributed by atoms with van der Waals surface area (Å²) < 4.78 is 10.6. The summed E-state index contributed by atoms with van der Waals surface area (Å²) >= 11 is 6.13. The zero-order chi connectivity index (χ0) is 18.4. The van der Waals surface area contributed by atoms with Gasteiger partial charge in [0.1, 0.15) is 29.5 Å². The molecule has 0 atom stereocenters. The predicted molar refractivity (Wildman–Crippen MR) is 101 cm³/mol. The van der Waals surface area contributed by atoms with E-state index < -0.39 is 0 Å². The minimum Gasteiger partial charge on any atom is -0.495 e. The normalized spacial score (nSPS) is 10.3. The van der Waals surface area contributed by atoms with Crippen molar-refractivity contribution >= 4 is 28.9 Å². The van der Waals surface area contributed by atoms with Crippen molar-refractivity contribution in [2.45, 2.75) is 6.54 Å². The Hall–Kier alpha value is -3.06. The second-order valence-corrected chi connectivity index (χ2v) is 5.68. The lowest BCUT2D eigenvalue weighted by Crippen LogP contribution is -2.04. The maximum absolute atomic E-state index is 6.13. The van der Waals surface area contributed by atoms with E-state index in [0.717, 1.165) is 5.69 Å². The Labute approximate surface area is 156 Å². The second-order valence-electron chi connectivity index (χ2n) is 5.28. The van der Waals surface area contributed by atoms with Gasteiger partial charge >= 0.3 is 0 Å². The summed E-state index contributed by atoms with van der Waals surface area (Å²) in [6.45, 7) is 0.565. The third-order valence-electron chi connectivity index (χ3n) is 3.58. The Morgan fingerprint density at radius 1 is 0.962 bits per heavy atom. The highest BCUT2D eigenvalue weighted by Gasteiger charge is 2.11. The Kier molecular flexibility index (Phi) is 5.70. The first kappa shape index (κ1) is 17.8. The zero-order valence-electron chi connectivity index (χ0n) is 14.4. The summed E-state index contributed by atoms with van der Waals surface area (Å²) in [6.07, 6.45) is 3.23. The number of nitrogens with one attached hydrogen (secondary N) is 2. The van der Waals surface area contributed by atoms with Crippen LogP contribution in [0.3, 0.4) is 0 Å². The van der Waals surface area contributed by atoms with Crippen molar-refractivity contribution in [3.05, 3.63) is 59.6 Å². The Balaban J connectivity index is 1.76. The molecule has 0 fully saturated rings. The van der Waals surface area contributed by atoms with Gasteiger partial charge in [-0.2, -0.15) is 0 Å². The first-order chi connectivity index (χ1) is 12.7. The van der Waals surface area contributed by atoms with Crippen molar-refractivity contribution in [3.63, 3.8) is 0 Å². The molecule has 3 rings (SSSR count). The van der Waals surface area contributed by atoms with Crippen LogP contribution in [-0.2, 0) is 6.54 Å². The van der Waals surface area contributed by atoms with Gasteiger partial charge in [-0.15, -0.1) is 0 Å². The lowest BCUT2D eigenvalue weighted by molar-refractivity contribution is 0.405. The Morgan fingerprint density at radius 3 is 2.50 bits per heavy atom. The van der Waals surface area contributed by atoms with E-state index in [4.69, 9.17) is 21.1 Å². The molecule has 0 aliphatic heterocycles. The molecule has 0 saturated heterocycles. The van der Waals surface area contributed by atoms with Gasteiger partial charge in [0.15, 0.2) is 0 Å². The van der Waals surface area contributed by atoms with Gasteiger partial charge in [0, 0.05) is 24.4 Å². The molecule has 8 heteroatoms. The van der Waals surface area contributed by atoms with Crippen LogP contribution in [-0.4, -0.2) is 29.2 Å². The van der Waals surface area contributed by atoms with Crippen LogP contribution in [0.15, 0.2) is 48.9 Å². The molecule has 0 unspecified atom stereocenters. The van der Waals surface area contributed by atoms with E-state index in [9.17, 15) is 0 Å². The van der Waals surface area contributed by atoms with E-state index in [2.05, 4.69) is 25.6 Å². The van der Waals surface area contributed by atoms with Crippen LogP contribution < -0.4 is 20.1 Å². The minimum atomic E-state index is 0.468. The summed E-state index contributed by atoms with van der Waals surface area (Å²) in [5.74, 6) is 2.40. The van der Waals surface area contributed by atoms with Crippen LogP contribution in [0.1, 0.15) is 5.69 Å². The van der Waals surface area contributed by atoms with Crippen molar-refractivity contribution in [1.29, 1.82) is 0 Å². The highest BCUT2D eigenvalue weighted by Crippen LogP contribution is 2.37. The van der Waals surface area contributed by atoms with Crippen LogP contribution >= 0.6 is 11.6 Å².